The van der Waals surface area contributed by atoms with Crippen LogP contribution < -0.4 is 4.90 Å². The topological polar surface area (TPSA) is 20.3 Å². The van der Waals surface area contributed by atoms with Crippen molar-refractivity contribution < 1.29 is 4.79 Å². The van der Waals surface area contributed by atoms with Crippen LogP contribution in [0.3, 0.4) is 0 Å². The van der Waals surface area contributed by atoms with Gasteiger partial charge in [-0.05, 0) is 17.7 Å². The first kappa shape index (κ1) is 12.4. The Balaban J connectivity index is 1.93. The largest absolute Gasteiger partial charge is 0.344 e. The molecule has 2 aromatic rings. The van der Waals surface area contributed by atoms with Crippen molar-refractivity contribution in [2.24, 2.45) is 0 Å². The Morgan fingerprint density at radius 1 is 0.950 bits per heavy atom. The molecule has 20 heavy (non-hydrogen) atoms. The summed E-state index contributed by atoms with van der Waals surface area (Å²) >= 11 is 0. The molecular weight excluding hydrogens is 246 g/mol. The lowest BCUT2D eigenvalue weighted by Crippen LogP contribution is -2.19. The molecule has 0 aliphatic carbocycles. The molecule has 2 aromatic carbocycles. The van der Waals surface area contributed by atoms with Gasteiger partial charge in [-0.2, -0.15) is 0 Å². The zero-order valence-corrected chi connectivity index (χ0v) is 11.3. The van der Waals surface area contributed by atoms with Gasteiger partial charge in [-0.25, -0.2) is 0 Å². The van der Waals surface area contributed by atoms with Crippen LogP contribution in [-0.2, 0) is 0 Å². The SMILES string of the molecule is CN1/C(=C/C(=O)c2ccccc2)C=Cc2ccccc21. The van der Waals surface area contributed by atoms with Gasteiger partial charge in [-0.3, -0.25) is 4.79 Å². The maximum atomic E-state index is 12.2. The number of anilines is 1. The normalized spacial score (nSPS) is 15.2. The second-order valence-corrected chi connectivity index (χ2v) is 4.75. The molecule has 2 heteroatoms. The molecule has 0 spiro atoms. The standard InChI is InChI=1S/C18H15NO/c1-19-16(12-11-14-7-5-6-10-17(14)19)13-18(20)15-8-3-2-4-9-15/h2-13H,1H3/b16-13+. The second kappa shape index (κ2) is 5.17. The van der Waals surface area contributed by atoms with Gasteiger partial charge in [0, 0.05) is 30.1 Å². The molecule has 2 nitrogen and oxygen atoms in total. The highest BCUT2D eigenvalue weighted by Crippen LogP contribution is 2.29. The lowest BCUT2D eigenvalue weighted by Gasteiger charge is -2.26. The number of hydrogen-bond donors (Lipinski definition) is 0. The molecular formula is C18H15NO. The summed E-state index contributed by atoms with van der Waals surface area (Å²) < 4.78 is 0. The molecule has 0 bridgehead atoms. The predicted octanol–water partition coefficient (Wildman–Crippen LogP) is 3.92. The summed E-state index contributed by atoms with van der Waals surface area (Å²) in [5, 5.41) is 0. The van der Waals surface area contributed by atoms with E-state index in [-0.39, 0.29) is 5.78 Å². The van der Waals surface area contributed by atoms with Gasteiger partial charge >= 0.3 is 0 Å². The van der Waals surface area contributed by atoms with Gasteiger partial charge in [-0.15, -0.1) is 0 Å². The van der Waals surface area contributed by atoms with Crippen molar-refractivity contribution >= 4 is 17.5 Å². The Bertz CT molecular complexity index is 698. The molecule has 1 aliphatic rings. The molecule has 0 saturated heterocycles. The van der Waals surface area contributed by atoms with Crippen LogP contribution in [0, 0.1) is 0 Å². The minimum absolute atomic E-state index is 0.0245. The highest BCUT2D eigenvalue weighted by molar-refractivity contribution is 6.05. The van der Waals surface area contributed by atoms with E-state index in [0.717, 1.165) is 11.4 Å². The van der Waals surface area contributed by atoms with E-state index in [4.69, 9.17) is 0 Å². The van der Waals surface area contributed by atoms with Gasteiger partial charge in [0.15, 0.2) is 5.78 Å². The number of rotatable bonds is 2. The molecule has 0 atom stereocenters. The van der Waals surface area contributed by atoms with Crippen LogP contribution in [0.2, 0.25) is 0 Å². The summed E-state index contributed by atoms with van der Waals surface area (Å²) in [6, 6.07) is 17.5. The first-order valence-electron chi connectivity index (χ1n) is 6.57. The monoisotopic (exact) mass is 261 g/mol. The first-order valence-corrected chi connectivity index (χ1v) is 6.57. The van der Waals surface area contributed by atoms with E-state index in [2.05, 4.69) is 12.1 Å². The maximum Gasteiger partial charge on any atom is 0.187 e. The minimum atomic E-state index is 0.0245. The summed E-state index contributed by atoms with van der Waals surface area (Å²) in [5.41, 5.74) is 3.89. The van der Waals surface area contributed by atoms with Crippen LogP contribution >= 0.6 is 0 Å². The average Bonchev–Trinajstić information content (AvgIpc) is 2.51. The Morgan fingerprint density at radius 2 is 1.65 bits per heavy atom. The van der Waals surface area contributed by atoms with Crippen LogP contribution in [0.15, 0.2) is 72.4 Å². The molecule has 0 aromatic heterocycles. The number of para-hydroxylation sites is 1. The molecule has 1 heterocycles. The van der Waals surface area contributed by atoms with Crippen LogP contribution in [0.25, 0.3) is 6.08 Å². The number of likely N-dealkylation sites (N-methyl/N-ethyl adjacent to an activating group) is 1. The van der Waals surface area contributed by atoms with E-state index in [1.807, 2.05) is 66.6 Å². The lowest BCUT2D eigenvalue weighted by molar-refractivity contribution is 0.104. The van der Waals surface area contributed by atoms with Crippen molar-refractivity contribution in [2.45, 2.75) is 0 Å². The summed E-state index contributed by atoms with van der Waals surface area (Å²) in [4.78, 5) is 14.3. The fourth-order valence-corrected chi connectivity index (χ4v) is 2.32. The van der Waals surface area contributed by atoms with Crippen molar-refractivity contribution in [2.75, 3.05) is 11.9 Å². The highest BCUT2D eigenvalue weighted by Gasteiger charge is 2.14. The second-order valence-electron chi connectivity index (χ2n) is 4.75. The van der Waals surface area contributed by atoms with Gasteiger partial charge in [0.1, 0.15) is 0 Å². The summed E-state index contributed by atoms with van der Waals surface area (Å²) in [6.07, 6.45) is 5.70. The number of allylic oxidation sites excluding steroid dienone is 2. The van der Waals surface area contributed by atoms with Crippen LogP contribution in [0.5, 0.6) is 0 Å². The van der Waals surface area contributed by atoms with E-state index >= 15 is 0 Å². The van der Waals surface area contributed by atoms with E-state index in [1.54, 1.807) is 6.08 Å². The van der Waals surface area contributed by atoms with E-state index in [1.165, 1.54) is 5.56 Å². The van der Waals surface area contributed by atoms with Gasteiger partial charge in [0.2, 0.25) is 0 Å². The maximum absolute atomic E-state index is 12.2. The highest BCUT2D eigenvalue weighted by atomic mass is 16.1. The van der Waals surface area contributed by atoms with E-state index in [9.17, 15) is 4.79 Å². The van der Waals surface area contributed by atoms with Crippen molar-refractivity contribution in [1.29, 1.82) is 0 Å². The third-order valence-corrected chi connectivity index (χ3v) is 3.46. The number of carbonyl (C=O) groups excluding carboxylic acids is 1. The van der Waals surface area contributed by atoms with E-state index < -0.39 is 0 Å². The van der Waals surface area contributed by atoms with Gasteiger partial charge in [-0.1, -0.05) is 54.6 Å². The van der Waals surface area contributed by atoms with Crippen molar-refractivity contribution in [3.63, 3.8) is 0 Å². The van der Waals surface area contributed by atoms with E-state index in [0.29, 0.717) is 5.56 Å². The number of carbonyl (C=O) groups is 1. The molecule has 98 valence electrons. The molecule has 0 radical (unpaired) electrons. The average molecular weight is 261 g/mol. The van der Waals surface area contributed by atoms with Gasteiger partial charge in [0.25, 0.3) is 0 Å². The van der Waals surface area contributed by atoms with Crippen LogP contribution in [-0.4, -0.2) is 12.8 Å². The van der Waals surface area contributed by atoms with Gasteiger partial charge in [0.05, 0.1) is 0 Å². The fraction of sp³-hybridized carbons (Fsp3) is 0.0556. The van der Waals surface area contributed by atoms with Gasteiger partial charge < -0.3 is 4.90 Å². The molecule has 0 unspecified atom stereocenters. The molecule has 0 amide bonds. The first-order chi connectivity index (χ1) is 9.75. The number of benzene rings is 2. The fourth-order valence-electron chi connectivity index (χ4n) is 2.32. The summed E-state index contributed by atoms with van der Waals surface area (Å²) in [6.45, 7) is 0. The predicted molar refractivity (Wildman–Crippen MR) is 82.7 cm³/mol. The molecule has 0 fully saturated rings. The Hall–Kier alpha value is -2.61. The third kappa shape index (κ3) is 2.28. The zero-order valence-electron chi connectivity index (χ0n) is 11.3. The summed E-state index contributed by atoms with van der Waals surface area (Å²) in [7, 11) is 1.98. The van der Waals surface area contributed by atoms with Crippen molar-refractivity contribution in [3.05, 3.63) is 83.6 Å². The Morgan fingerprint density at radius 3 is 2.45 bits per heavy atom. The zero-order chi connectivity index (χ0) is 13.9. The number of ketones is 1. The number of nitrogens with zero attached hydrogens (tertiary/aromatic N) is 1. The number of fused-ring (bicyclic) bond motifs is 1. The summed E-state index contributed by atoms with van der Waals surface area (Å²) in [5.74, 6) is 0.0245. The smallest absolute Gasteiger partial charge is 0.187 e. The Labute approximate surface area is 118 Å². The van der Waals surface area contributed by atoms with Crippen LogP contribution in [0.1, 0.15) is 15.9 Å². The quantitative estimate of drug-likeness (QED) is 0.603. The molecule has 0 saturated carbocycles. The van der Waals surface area contributed by atoms with Crippen molar-refractivity contribution in [1.82, 2.24) is 0 Å². The Kier molecular flexibility index (Phi) is 3.21. The molecule has 0 N–H and O–H groups in total. The number of hydrogen-bond acceptors (Lipinski definition) is 2. The molecule has 1 aliphatic heterocycles. The minimum Gasteiger partial charge on any atom is -0.344 e. The third-order valence-electron chi connectivity index (χ3n) is 3.46. The molecule has 3 rings (SSSR count). The lowest BCUT2D eigenvalue weighted by atomic mass is 10.0. The van der Waals surface area contributed by atoms with Crippen molar-refractivity contribution in [3.8, 4) is 0 Å². The van der Waals surface area contributed by atoms with Crippen LogP contribution in [0.4, 0.5) is 5.69 Å².